The summed E-state index contributed by atoms with van der Waals surface area (Å²) >= 11 is 0. The van der Waals surface area contributed by atoms with Crippen LogP contribution in [0.25, 0.3) is 0 Å². The molecule has 0 fully saturated rings. The van der Waals surface area contributed by atoms with Gasteiger partial charge >= 0.3 is 0 Å². The molecule has 0 spiro atoms. The van der Waals surface area contributed by atoms with Crippen LogP contribution in [0, 0.1) is 6.92 Å². The van der Waals surface area contributed by atoms with Crippen LogP contribution in [-0.4, -0.2) is 6.54 Å². The van der Waals surface area contributed by atoms with Gasteiger partial charge in [-0.3, -0.25) is 0 Å². The summed E-state index contributed by atoms with van der Waals surface area (Å²) in [6, 6.07) is 8.82. The Balaban J connectivity index is 0.000000423. The largest absolute Gasteiger partial charge is 0.330 e. The highest BCUT2D eigenvalue weighted by atomic mass is 14.5. The molecule has 1 aromatic carbocycles. The molecule has 86 valence electrons. The summed E-state index contributed by atoms with van der Waals surface area (Å²) in [6.07, 6.45) is 2.32. The Morgan fingerprint density at radius 3 is 1.93 bits per heavy atom. The van der Waals surface area contributed by atoms with Gasteiger partial charge in [0.15, 0.2) is 0 Å². The maximum atomic E-state index is 5.03. The summed E-state index contributed by atoms with van der Waals surface area (Å²) in [5.74, 6) is 0.704. The molecule has 0 heterocycles. The third-order valence-corrected chi connectivity index (χ3v) is 2.55. The van der Waals surface area contributed by atoms with Crippen molar-refractivity contribution in [1.82, 2.24) is 0 Å². The minimum absolute atomic E-state index is 0.704. The molecule has 15 heavy (non-hydrogen) atoms. The lowest BCUT2D eigenvalue weighted by atomic mass is 9.98. The van der Waals surface area contributed by atoms with E-state index in [9.17, 15) is 0 Å². The molecular weight excluding hydrogens is 182 g/mol. The molecule has 0 radical (unpaired) electrons. The summed E-state index contributed by atoms with van der Waals surface area (Å²) in [5.41, 5.74) is 7.83. The van der Waals surface area contributed by atoms with E-state index in [1.807, 2.05) is 0 Å². The van der Waals surface area contributed by atoms with E-state index >= 15 is 0 Å². The first-order valence-electron chi connectivity index (χ1n) is 5.92. The summed E-state index contributed by atoms with van der Waals surface area (Å²) in [7, 11) is 0. The molecule has 0 aliphatic carbocycles. The maximum Gasteiger partial charge on any atom is -0.00799 e. The Hall–Kier alpha value is -0.820. The normalized spacial score (nSPS) is 11.5. The van der Waals surface area contributed by atoms with E-state index in [1.54, 1.807) is 0 Å². The number of rotatable bonds is 3. The van der Waals surface area contributed by atoms with Gasteiger partial charge < -0.3 is 5.73 Å². The summed E-state index contributed by atoms with van der Waals surface area (Å²) < 4.78 is 0. The molecule has 0 aromatic heterocycles. The van der Waals surface area contributed by atoms with Gasteiger partial charge in [-0.05, 0) is 37.8 Å². The Kier molecular flexibility index (Phi) is 8.02. The van der Waals surface area contributed by atoms with Gasteiger partial charge in [0.05, 0.1) is 0 Å². The van der Waals surface area contributed by atoms with Crippen LogP contribution in [0.2, 0.25) is 0 Å². The first-order chi connectivity index (χ1) is 7.15. The molecule has 0 amide bonds. The summed E-state index contributed by atoms with van der Waals surface area (Å²) in [6.45, 7) is 9.50. The molecule has 0 saturated heterocycles. The minimum Gasteiger partial charge on any atom is -0.330 e. The molecular formula is C14H25N. The fraction of sp³-hybridized carbons (Fsp3) is 0.571. The smallest absolute Gasteiger partial charge is 0.00799 e. The predicted molar refractivity (Wildman–Crippen MR) is 69.2 cm³/mol. The van der Waals surface area contributed by atoms with Crippen LogP contribution < -0.4 is 5.73 Å². The van der Waals surface area contributed by atoms with Crippen molar-refractivity contribution in [3.05, 3.63) is 35.4 Å². The van der Waals surface area contributed by atoms with Crippen molar-refractivity contribution in [2.24, 2.45) is 5.73 Å². The van der Waals surface area contributed by atoms with Crippen LogP contribution in [0.15, 0.2) is 24.3 Å². The van der Waals surface area contributed by atoms with Crippen LogP contribution >= 0.6 is 0 Å². The molecule has 1 aromatic rings. The topological polar surface area (TPSA) is 26.0 Å². The number of benzene rings is 1. The van der Waals surface area contributed by atoms with E-state index < -0.39 is 0 Å². The minimum atomic E-state index is 0.704. The Bertz CT molecular complexity index is 236. The SMILES string of the molecule is CCC(C)c1ccc(C)cc1.CCCN. The number of nitrogens with two attached hydrogens (primary N) is 1. The quantitative estimate of drug-likeness (QED) is 0.800. The lowest BCUT2D eigenvalue weighted by molar-refractivity contribution is 0.733. The molecule has 1 heteroatoms. The second kappa shape index (κ2) is 8.49. The highest BCUT2D eigenvalue weighted by Gasteiger charge is 2.00. The van der Waals surface area contributed by atoms with Gasteiger partial charge in [-0.15, -0.1) is 0 Å². The zero-order chi connectivity index (χ0) is 11.7. The van der Waals surface area contributed by atoms with E-state index in [1.165, 1.54) is 17.5 Å². The lowest BCUT2D eigenvalue weighted by Crippen LogP contribution is -1.93. The van der Waals surface area contributed by atoms with Crippen molar-refractivity contribution >= 4 is 0 Å². The standard InChI is InChI=1S/C11H16.C3H9N/c1-4-10(3)11-7-5-9(2)6-8-11;1-2-3-4/h5-8,10H,4H2,1-3H3;2-4H2,1H3. The fourth-order valence-corrected chi connectivity index (χ4v) is 1.13. The van der Waals surface area contributed by atoms with Gasteiger partial charge in [0.2, 0.25) is 0 Å². The van der Waals surface area contributed by atoms with E-state index in [-0.39, 0.29) is 0 Å². The van der Waals surface area contributed by atoms with Crippen molar-refractivity contribution in [1.29, 1.82) is 0 Å². The van der Waals surface area contributed by atoms with Gasteiger partial charge in [0.1, 0.15) is 0 Å². The van der Waals surface area contributed by atoms with E-state index in [0.717, 1.165) is 13.0 Å². The number of aryl methyl sites for hydroxylation is 1. The van der Waals surface area contributed by atoms with Crippen molar-refractivity contribution in [3.63, 3.8) is 0 Å². The molecule has 1 unspecified atom stereocenters. The van der Waals surface area contributed by atoms with E-state index in [0.29, 0.717) is 5.92 Å². The summed E-state index contributed by atoms with van der Waals surface area (Å²) in [4.78, 5) is 0. The van der Waals surface area contributed by atoms with E-state index in [4.69, 9.17) is 5.73 Å². The van der Waals surface area contributed by atoms with Crippen LogP contribution in [0.5, 0.6) is 0 Å². The molecule has 1 atom stereocenters. The predicted octanol–water partition coefficient (Wildman–Crippen LogP) is 3.86. The van der Waals surface area contributed by atoms with Crippen LogP contribution in [0.4, 0.5) is 0 Å². The van der Waals surface area contributed by atoms with Crippen LogP contribution in [-0.2, 0) is 0 Å². The van der Waals surface area contributed by atoms with Gasteiger partial charge in [0.25, 0.3) is 0 Å². The average molecular weight is 207 g/mol. The molecule has 1 rings (SSSR count). The Morgan fingerprint density at radius 2 is 1.60 bits per heavy atom. The van der Waals surface area contributed by atoms with E-state index in [2.05, 4.69) is 52.0 Å². The number of hydrogen-bond acceptors (Lipinski definition) is 1. The van der Waals surface area contributed by atoms with Crippen molar-refractivity contribution < 1.29 is 0 Å². The van der Waals surface area contributed by atoms with Crippen molar-refractivity contribution in [3.8, 4) is 0 Å². The Labute approximate surface area is 94.7 Å². The monoisotopic (exact) mass is 207 g/mol. The van der Waals surface area contributed by atoms with Crippen LogP contribution in [0.3, 0.4) is 0 Å². The molecule has 2 N–H and O–H groups in total. The summed E-state index contributed by atoms with van der Waals surface area (Å²) in [5, 5.41) is 0. The molecule has 1 nitrogen and oxygen atoms in total. The third-order valence-electron chi connectivity index (χ3n) is 2.55. The zero-order valence-corrected chi connectivity index (χ0v) is 10.6. The average Bonchev–Trinajstić information content (AvgIpc) is 2.29. The number of hydrogen-bond donors (Lipinski definition) is 1. The first-order valence-corrected chi connectivity index (χ1v) is 5.92. The first kappa shape index (κ1) is 14.2. The van der Waals surface area contributed by atoms with Gasteiger partial charge in [-0.1, -0.05) is 50.6 Å². The maximum absolute atomic E-state index is 5.03. The van der Waals surface area contributed by atoms with Gasteiger partial charge in [-0.25, -0.2) is 0 Å². The zero-order valence-electron chi connectivity index (χ0n) is 10.6. The van der Waals surface area contributed by atoms with Crippen molar-refractivity contribution in [2.75, 3.05) is 6.54 Å². The lowest BCUT2D eigenvalue weighted by Gasteiger charge is -2.07. The Morgan fingerprint density at radius 1 is 1.13 bits per heavy atom. The van der Waals surface area contributed by atoms with Gasteiger partial charge in [-0.2, -0.15) is 0 Å². The molecule has 0 saturated carbocycles. The molecule has 0 aliphatic heterocycles. The highest BCUT2D eigenvalue weighted by Crippen LogP contribution is 2.18. The van der Waals surface area contributed by atoms with Gasteiger partial charge in [0, 0.05) is 0 Å². The highest BCUT2D eigenvalue weighted by molar-refractivity contribution is 5.23. The van der Waals surface area contributed by atoms with Crippen LogP contribution in [0.1, 0.15) is 50.7 Å². The third kappa shape index (κ3) is 6.29. The second-order valence-electron chi connectivity index (χ2n) is 4.01. The molecule has 0 aliphatic rings. The molecule has 0 bridgehead atoms. The van der Waals surface area contributed by atoms with Crippen molar-refractivity contribution in [2.45, 2.75) is 46.5 Å². The fourth-order valence-electron chi connectivity index (χ4n) is 1.13. The second-order valence-corrected chi connectivity index (χ2v) is 4.01.